The first kappa shape index (κ1) is 22.9. The van der Waals surface area contributed by atoms with E-state index in [0.29, 0.717) is 39.5 Å². The molecule has 0 saturated carbocycles. The number of rotatable bonds is 11. The SMILES string of the molecule is COCCCOc1cccc(OCC[C@@H]2CN(C(=O)OCc3ccccc3)CCN2)c1. The lowest BCUT2D eigenvalue weighted by molar-refractivity contribution is 0.0827. The first-order valence-electron chi connectivity index (χ1n) is 10.8. The average Bonchev–Trinajstić information content (AvgIpc) is 2.81. The number of amides is 1. The van der Waals surface area contributed by atoms with Crippen LogP contribution in [0, 0.1) is 0 Å². The van der Waals surface area contributed by atoms with Crippen molar-refractivity contribution in [3.05, 3.63) is 60.2 Å². The predicted octanol–water partition coefficient (Wildman–Crippen LogP) is 3.48. The lowest BCUT2D eigenvalue weighted by Crippen LogP contribution is -2.53. The number of carbonyl (C=O) groups excluding carboxylic acids is 1. The normalized spacial score (nSPS) is 16.0. The van der Waals surface area contributed by atoms with Gasteiger partial charge in [0.05, 0.1) is 13.2 Å². The van der Waals surface area contributed by atoms with Crippen molar-refractivity contribution in [2.45, 2.75) is 25.5 Å². The summed E-state index contributed by atoms with van der Waals surface area (Å²) < 4.78 is 22.1. The number of hydrogen-bond acceptors (Lipinski definition) is 6. The molecule has 0 aromatic heterocycles. The minimum absolute atomic E-state index is 0.173. The summed E-state index contributed by atoms with van der Waals surface area (Å²) in [6, 6.07) is 17.5. The molecule has 1 heterocycles. The molecule has 2 aromatic rings. The Morgan fingerprint density at radius 2 is 1.81 bits per heavy atom. The maximum absolute atomic E-state index is 12.4. The van der Waals surface area contributed by atoms with Crippen LogP contribution in [0.25, 0.3) is 0 Å². The van der Waals surface area contributed by atoms with Gasteiger partial charge in [-0.05, 0) is 24.1 Å². The summed E-state index contributed by atoms with van der Waals surface area (Å²) in [5.41, 5.74) is 0.987. The van der Waals surface area contributed by atoms with Crippen LogP contribution in [-0.4, -0.2) is 63.6 Å². The number of ether oxygens (including phenoxy) is 4. The molecule has 1 N–H and O–H groups in total. The summed E-state index contributed by atoms with van der Waals surface area (Å²) >= 11 is 0. The molecule has 3 rings (SSSR count). The smallest absolute Gasteiger partial charge is 0.410 e. The molecule has 7 nitrogen and oxygen atoms in total. The monoisotopic (exact) mass is 428 g/mol. The van der Waals surface area contributed by atoms with Gasteiger partial charge < -0.3 is 29.2 Å². The highest BCUT2D eigenvalue weighted by Gasteiger charge is 2.24. The van der Waals surface area contributed by atoms with Gasteiger partial charge in [0.15, 0.2) is 0 Å². The zero-order valence-corrected chi connectivity index (χ0v) is 18.1. The van der Waals surface area contributed by atoms with Crippen molar-refractivity contribution in [2.75, 3.05) is 46.6 Å². The van der Waals surface area contributed by atoms with Crippen LogP contribution in [0.3, 0.4) is 0 Å². The molecule has 168 valence electrons. The Bertz CT molecular complexity index is 787. The van der Waals surface area contributed by atoms with Crippen LogP contribution < -0.4 is 14.8 Å². The third-order valence-electron chi connectivity index (χ3n) is 5.02. The molecular formula is C24H32N2O5. The summed E-state index contributed by atoms with van der Waals surface area (Å²) in [4.78, 5) is 14.2. The van der Waals surface area contributed by atoms with Crippen molar-refractivity contribution in [3.63, 3.8) is 0 Å². The molecule has 7 heteroatoms. The lowest BCUT2D eigenvalue weighted by Gasteiger charge is -2.33. The number of benzene rings is 2. The van der Waals surface area contributed by atoms with Crippen LogP contribution >= 0.6 is 0 Å². The number of nitrogens with zero attached hydrogens (tertiary/aromatic N) is 1. The molecule has 1 amide bonds. The van der Waals surface area contributed by atoms with Gasteiger partial charge in [-0.2, -0.15) is 0 Å². The molecule has 2 aromatic carbocycles. The van der Waals surface area contributed by atoms with E-state index >= 15 is 0 Å². The van der Waals surface area contributed by atoms with Crippen LogP contribution in [0.4, 0.5) is 4.79 Å². The van der Waals surface area contributed by atoms with E-state index in [1.165, 1.54) is 0 Å². The van der Waals surface area contributed by atoms with Crippen LogP contribution in [-0.2, 0) is 16.1 Å². The van der Waals surface area contributed by atoms with E-state index < -0.39 is 0 Å². The Kier molecular flexibility index (Phi) is 9.47. The Labute approximate surface area is 184 Å². The first-order valence-corrected chi connectivity index (χ1v) is 10.8. The maximum Gasteiger partial charge on any atom is 0.410 e. The van der Waals surface area contributed by atoms with Crippen molar-refractivity contribution in [1.29, 1.82) is 0 Å². The van der Waals surface area contributed by atoms with Crippen molar-refractivity contribution >= 4 is 6.09 Å². The summed E-state index contributed by atoms with van der Waals surface area (Å²) in [7, 11) is 1.68. The van der Waals surface area contributed by atoms with E-state index in [4.69, 9.17) is 18.9 Å². The Hall–Kier alpha value is -2.77. The van der Waals surface area contributed by atoms with Crippen molar-refractivity contribution in [3.8, 4) is 11.5 Å². The predicted molar refractivity (Wildman–Crippen MR) is 119 cm³/mol. The Balaban J connectivity index is 1.37. The summed E-state index contributed by atoms with van der Waals surface area (Å²) in [5, 5.41) is 3.45. The minimum atomic E-state index is -0.269. The molecule has 1 fully saturated rings. The second kappa shape index (κ2) is 12.8. The fourth-order valence-electron chi connectivity index (χ4n) is 3.36. The van der Waals surface area contributed by atoms with Crippen molar-refractivity contribution in [1.82, 2.24) is 10.2 Å². The number of hydrogen-bond donors (Lipinski definition) is 1. The van der Waals surface area contributed by atoms with E-state index in [9.17, 15) is 4.79 Å². The molecule has 1 atom stereocenters. The highest BCUT2D eigenvalue weighted by atomic mass is 16.6. The third-order valence-corrected chi connectivity index (χ3v) is 5.02. The van der Waals surface area contributed by atoms with Crippen LogP contribution in [0.1, 0.15) is 18.4 Å². The summed E-state index contributed by atoms with van der Waals surface area (Å²) in [5.74, 6) is 1.57. The zero-order chi connectivity index (χ0) is 21.7. The van der Waals surface area contributed by atoms with Gasteiger partial charge in [0.2, 0.25) is 0 Å². The maximum atomic E-state index is 12.4. The summed E-state index contributed by atoms with van der Waals surface area (Å²) in [6.07, 6.45) is 1.37. The van der Waals surface area contributed by atoms with E-state index in [2.05, 4.69) is 5.32 Å². The Morgan fingerprint density at radius 3 is 2.58 bits per heavy atom. The molecule has 0 unspecified atom stereocenters. The number of piperazine rings is 1. The van der Waals surface area contributed by atoms with Gasteiger partial charge in [-0.3, -0.25) is 0 Å². The van der Waals surface area contributed by atoms with Crippen molar-refractivity contribution in [2.24, 2.45) is 0 Å². The molecule has 31 heavy (non-hydrogen) atoms. The van der Waals surface area contributed by atoms with Gasteiger partial charge in [0.25, 0.3) is 0 Å². The van der Waals surface area contributed by atoms with Gasteiger partial charge in [-0.25, -0.2) is 4.79 Å². The van der Waals surface area contributed by atoms with Crippen molar-refractivity contribution < 1.29 is 23.7 Å². The zero-order valence-electron chi connectivity index (χ0n) is 18.1. The molecule has 0 radical (unpaired) electrons. The molecule has 1 saturated heterocycles. The van der Waals surface area contributed by atoms with E-state index in [1.54, 1.807) is 12.0 Å². The summed E-state index contributed by atoms with van der Waals surface area (Å²) in [6.45, 7) is 4.14. The van der Waals surface area contributed by atoms with Crippen LogP contribution in [0.2, 0.25) is 0 Å². The fourth-order valence-corrected chi connectivity index (χ4v) is 3.36. The highest BCUT2D eigenvalue weighted by Crippen LogP contribution is 2.20. The molecule has 0 aliphatic carbocycles. The number of nitrogens with one attached hydrogen (secondary N) is 1. The average molecular weight is 429 g/mol. The molecular weight excluding hydrogens is 396 g/mol. The van der Waals surface area contributed by atoms with Gasteiger partial charge in [0, 0.05) is 51.9 Å². The van der Waals surface area contributed by atoms with Gasteiger partial charge >= 0.3 is 6.09 Å². The van der Waals surface area contributed by atoms with E-state index in [0.717, 1.165) is 36.4 Å². The fraction of sp³-hybridized carbons (Fsp3) is 0.458. The largest absolute Gasteiger partial charge is 0.493 e. The molecule has 1 aliphatic heterocycles. The van der Waals surface area contributed by atoms with E-state index in [1.807, 2.05) is 54.6 Å². The molecule has 0 bridgehead atoms. The van der Waals surface area contributed by atoms with Gasteiger partial charge in [-0.1, -0.05) is 36.4 Å². The standard InChI is InChI=1S/C24H32N2O5/c1-28-14-6-15-29-22-9-5-10-23(17-22)30-16-11-21-18-26(13-12-25-21)24(27)31-19-20-7-3-2-4-8-20/h2-5,7-10,17,21,25H,6,11-16,18-19H2,1H3/t21-/m1/s1. The third kappa shape index (κ3) is 8.11. The minimum Gasteiger partial charge on any atom is -0.493 e. The van der Waals surface area contributed by atoms with Gasteiger partial charge in [-0.15, -0.1) is 0 Å². The second-order valence-electron chi connectivity index (χ2n) is 7.44. The van der Waals surface area contributed by atoms with Gasteiger partial charge in [0.1, 0.15) is 18.1 Å². The lowest BCUT2D eigenvalue weighted by atomic mass is 10.1. The highest BCUT2D eigenvalue weighted by molar-refractivity contribution is 5.67. The van der Waals surface area contributed by atoms with E-state index in [-0.39, 0.29) is 12.1 Å². The molecule has 0 spiro atoms. The topological polar surface area (TPSA) is 69.3 Å². The number of carbonyl (C=O) groups is 1. The quantitative estimate of drug-likeness (QED) is 0.553. The molecule has 1 aliphatic rings. The first-order chi connectivity index (χ1) is 15.2. The van der Waals surface area contributed by atoms with Crippen LogP contribution in [0.5, 0.6) is 11.5 Å². The second-order valence-corrected chi connectivity index (χ2v) is 7.44. The van der Waals surface area contributed by atoms with Crippen LogP contribution in [0.15, 0.2) is 54.6 Å². The number of methoxy groups -OCH3 is 1. The Morgan fingerprint density at radius 1 is 1.03 bits per heavy atom.